The minimum Gasteiger partial charge on any atom is -0.298 e. The van der Waals surface area contributed by atoms with Crippen LogP contribution in [0.4, 0.5) is 0 Å². The maximum absolute atomic E-state index is 8.87. The molecule has 0 saturated heterocycles. The highest BCUT2D eigenvalue weighted by Crippen LogP contribution is 2.12. The Balaban J connectivity index is 2.81. The standard InChI is InChI=1S/C11H14N2/c1-3-13-11(8-12)10-6-4-9(2)5-7-10/h4-7,11,13H,3H2,1-2H3. The molecule has 0 heterocycles. The van der Waals surface area contributed by atoms with Crippen molar-refractivity contribution in [2.75, 3.05) is 6.54 Å². The van der Waals surface area contributed by atoms with Gasteiger partial charge in [-0.15, -0.1) is 0 Å². The van der Waals surface area contributed by atoms with Gasteiger partial charge in [0.05, 0.1) is 6.07 Å². The van der Waals surface area contributed by atoms with Crippen molar-refractivity contribution in [2.24, 2.45) is 0 Å². The Morgan fingerprint density at radius 3 is 2.46 bits per heavy atom. The van der Waals surface area contributed by atoms with Crippen LogP contribution in [0.1, 0.15) is 24.1 Å². The van der Waals surface area contributed by atoms with Gasteiger partial charge in [-0.2, -0.15) is 5.26 Å². The maximum Gasteiger partial charge on any atom is 0.121 e. The first-order valence-corrected chi connectivity index (χ1v) is 4.47. The second-order valence-electron chi connectivity index (χ2n) is 3.03. The van der Waals surface area contributed by atoms with E-state index in [9.17, 15) is 0 Å². The zero-order valence-corrected chi connectivity index (χ0v) is 8.04. The average Bonchev–Trinajstić information content (AvgIpc) is 2.16. The summed E-state index contributed by atoms with van der Waals surface area (Å²) in [6.45, 7) is 4.85. The molecular formula is C11H14N2. The van der Waals surface area contributed by atoms with Crippen molar-refractivity contribution in [3.05, 3.63) is 35.4 Å². The summed E-state index contributed by atoms with van der Waals surface area (Å²) in [6, 6.07) is 10.1. The fourth-order valence-electron chi connectivity index (χ4n) is 1.20. The summed E-state index contributed by atoms with van der Waals surface area (Å²) < 4.78 is 0. The van der Waals surface area contributed by atoms with Gasteiger partial charge in [0.25, 0.3) is 0 Å². The summed E-state index contributed by atoms with van der Waals surface area (Å²) in [5.41, 5.74) is 2.26. The number of aryl methyl sites for hydroxylation is 1. The van der Waals surface area contributed by atoms with Gasteiger partial charge in [0.1, 0.15) is 6.04 Å². The molecule has 1 rings (SSSR count). The number of nitrogens with one attached hydrogen (secondary N) is 1. The smallest absolute Gasteiger partial charge is 0.121 e. The van der Waals surface area contributed by atoms with Crippen LogP contribution in [0, 0.1) is 18.3 Å². The molecule has 1 unspecified atom stereocenters. The molecule has 1 aromatic rings. The van der Waals surface area contributed by atoms with Crippen molar-refractivity contribution in [3.8, 4) is 6.07 Å². The highest BCUT2D eigenvalue weighted by atomic mass is 14.9. The first-order chi connectivity index (χ1) is 6.27. The Kier molecular flexibility index (Phi) is 3.48. The van der Waals surface area contributed by atoms with E-state index >= 15 is 0 Å². The van der Waals surface area contributed by atoms with Crippen LogP contribution in [0.15, 0.2) is 24.3 Å². The number of hydrogen-bond acceptors (Lipinski definition) is 2. The Morgan fingerprint density at radius 2 is 2.00 bits per heavy atom. The Hall–Kier alpha value is -1.33. The lowest BCUT2D eigenvalue weighted by molar-refractivity contribution is 0.658. The quantitative estimate of drug-likeness (QED) is 0.762. The molecule has 68 valence electrons. The predicted molar refractivity (Wildman–Crippen MR) is 53.2 cm³/mol. The molecule has 0 amide bonds. The Bertz CT molecular complexity index is 295. The number of rotatable bonds is 3. The predicted octanol–water partition coefficient (Wildman–Crippen LogP) is 2.17. The normalized spacial score (nSPS) is 12.1. The second-order valence-corrected chi connectivity index (χ2v) is 3.03. The van der Waals surface area contributed by atoms with Gasteiger partial charge in [-0.1, -0.05) is 36.8 Å². The Labute approximate surface area is 79.2 Å². The summed E-state index contributed by atoms with van der Waals surface area (Å²) in [6.07, 6.45) is 0. The van der Waals surface area contributed by atoms with Crippen LogP contribution < -0.4 is 5.32 Å². The molecule has 1 aromatic carbocycles. The van der Waals surface area contributed by atoms with Crippen LogP contribution in [-0.4, -0.2) is 6.54 Å². The van der Waals surface area contributed by atoms with Crippen molar-refractivity contribution >= 4 is 0 Å². The summed E-state index contributed by atoms with van der Waals surface area (Å²) in [4.78, 5) is 0. The summed E-state index contributed by atoms with van der Waals surface area (Å²) in [5, 5.41) is 12.0. The van der Waals surface area contributed by atoms with Gasteiger partial charge in [-0.05, 0) is 19.0 Å². The number of hydrogen-bond donors (Lipinski definition) is 1. The van der Waals surface area contributed by atoms with Crippen molar-refractivity contribution < 1.29 is 0 Å². The van der Waals surface area contributed by atoms with E-state index in [1.54, 1.807) is 0 Å². The average molecular weight is 174 g/mol. The van der Waals surface area contributed by atoms with Gasteiger partial charge in [-0.25, -0.2) is 0 Å². The van der Waals surface area contributed by atoms with Crippen molar-refractivity contribution in [3.63, 3.8) is 0 Å². The van der Waals surface area contributed by atoms with Crippen LogP contribution in [0.25, 0.3) is 0 Å². The van der Waals surface area contributed by atoms with E-state index in [1.807, 2.05) is 38.1 Å². The van der Waals surface area contributed by atoms with Gasteiger partial charge in [-0.3, -0.25) is 5.32 Å². The fraction of sp³-hybridized carbons (Fsp3) is 0.364. The molecule has 0 aliphatic heterocycles. The third kappa shape index (κ3) is 2.57. The van der Waals surface area contributed by atoms with Crippen LogP contribution in [-0.2, 0) is 0 Å². The minimum absolute atomic E-state index is 0.175. The monoisotopic (exact) mass is 174 g/mol. The van der Waals surface area contributed by atoms with Crippen molar-refractivity contribution in [1.82, 2.24) is 5.32 Å². The van der Waals surface area contributed by atoms with E-state index in [0.717, 1.165) is 12.1 Å². The third-order valence-corrected chi connectivity index (χ3v) is 1.95. The molecule has 0 fully saturated rings. The summed E-state index contributed by atoms with van der Waals surface area (Å²) in [7, 11) is 0. The van der Waals surface area contributed by atoms with Crippen LogP contribution in [0.5, 0.6) is 0 Å². The van der Waals surface area contributed by atoms with Gasteiger partial charge >= 0.3 is 0 Å². The highest BCUT2D eigenvalue weighted by Gasteiger charge is 2.06. The molecule has 0 aliphatic carbocycles. The molecule has 0 bridgehead atoms. The van der Waals surface area contributed by atoms with Crippen LogP contribution in [0.3, 0.4) is 0 Å². The van der Waals surface area contributed by atoms with Gasteiger partial charge in [0.2, 0.25) is 0 Å². The summed E-state index contributed by atoms with van der Waals surface area (Å²) in [5.74, 6) is 0. The maximum atomic E-state index is 8.87. The largest absolute Gasteiger partial charge is 0.298 e. The van der Waals surface area contributed by atoms with Crippen molar-refractivity contribution in [1.29, 1.82) is 5.26 Å². The van der Waals surface area contributed by atoms with E-state index in [4.69, 9.17) is 5.26 Å². The van der Waals surface area contributed by atoms with Crippen molar-refractivity contribution in [2.45, 2.75) is 19.9 Å². The van der Waals surface area contributed by atoms with E-state index < -0.39 is 0 Å². The lowest BCUT2D eigenvalue weighted by atomic mass is 10.1. The molecule has 13 heavy (non-hydrogen) atoms. The minimum atomic E-state index is -0.175. The molecule has 2 heteroatoms. The zero-order valence-electron chi connectivity index (χ0n) is 8.04. The zero-order chi connectivity index (χ0) is 9.68. The van der Waals surface area contributed by atoms with E-state index in [0.29, 0.717) is 0 Å². The van der Waals surface area contributed by atoms with E-state index in [1.165, 1.54) is 5.56 Å². The van der Waals surface area contributed by atoms with E-state index in [2.05, 4.69) is 11.4 Å². The molecule has 1 N–H and O–H groups in total. The fourth-order valence-corrected chi connectivity index (χ4v) is 1.20. The molecule has 0 spiro atoms. The number of benzene rings is 1. The van der Waals surface area contributed by atoms with Crippen LogP contribution >= 0.6 is 0 Å². The molecule has 0 saturated carbocycles. The molecule has 0 radical (unpaired) electrons. The summed E-state index contributed by atoms with van der Waals surface area (Å²) >= 11 is 0. The SMILES string of the molecule is CCNC(C#N)c1ccc(C)cc1. The Morgan fingerprint density at radius 1 is 1.38 bits per heavy atom. The lowest BCUT2D eigenvalue weighted by Gasteiger charge is -2.09. The number of nitriles is 1. The van der Waals surface area contributed by atoms with Gasteiger partial charge in [0.15, 0.2) is 0 Å². The first kappa shape index (κ1) is 9.76. The lowest BCUT2D eigenvalue weighted by Crippen LogP contribution is -2.18. The molecule has 0 aliphatic rings. The van der Waals surface area contributed by atoms with E-state index in [-0.39, 0.29) is 6.04 Å². The molecule has 1 atom stereocenters. The highest BCUT2D eigenvalue weighted by molar-refractivity contribution is 5.27. The molecule has 0 aromatic heterocycles. The van der Waals surface area contributed by atoms with Gasteiger partial charge in [0, 0.05) is 0 Å². The number of nitrogens with zero attached hydrogens (tertiary/aromatic N) is 1. The van der Waals surface area contributed by atoms with Crippen LogP contribution in [0.2, 0.25) is 0 Å². The first-order valence-electron chi connectivity index (χ1n) is 4.47. The molecular weight excluding hydrogens is 160 g/mol. The molecule has 2 nitrogen and oxygen atoms in total. The topological polar surface area (TPSA) is 35.8 Å². The second kappa shape index (κ2) is 4.64. The van der Waals surface area contributed by atoms with Gasteiger partial charge < -0.3 is 0 Å². The third-order valence-electron chi connectivity index (χ3n) is 1.95.